The summed E-state index contributed by atoms with van der Waals surface area (Å²) >= 11 is 0. The molecule has 0 aliphatic heterocycles. The summed E-state index contributed by atoms with van der Waals surface area (Å²) in [6.07, 6.45) is 6.88. The molecule has 14 heavy (non-hydrogen) atoms. The first-order valence-electron chi connectivity index (χ1n) is 6.40. The molecule has 0 amide bonds. The molecule has 0 saturated heterocycles. The minimum absolute atomic E-state index is 0.877. The summed E-state index contributed by atoms with van der Waals surface area (Å²) in [5, 5.41) is 0. The topological polar surface area (TPSA) is 26.0 Å². The monoisotopic (exact) mass is 197 g/mol. The predicted molar refractivity (Wildman–Crippen MR) is 63.1 cm³/mol. The van der Waals surface area contributed by atoms with Crippen LogP contribution in [-0.2, 0) is 0 Å². The van der Waals surface area contributed by atoms with Crippen molar-refractivity contribution in [1.29, 1.82) is 0 Å². The van der Waals surface area contributed by atoms with Crippen molar-refractivity contribution in [2.75, 3.05) is 6.54 Å². The SMILES string of the molecule is CCCC1C(CC(C)C)[C@@H]1CCCN. The predicted octanol–water partition coefficient (Wildman–Crippen LogP) is 3.43. The van der Waals surface area contributed by atoms with Crippen molar-refractivity contribution in [3.05, 3.63) is 0 Å². The van der Waals surface area contributed by atoms with Crippen LogP contribution in [0.1, 0.15) is 52.9 Å². The Balaban J connectivity index is 2.26. The van der Waals surface area contributed by atoms with Crippen LogP contribution in [0.5, 0.6) is 0 Å². The van der Waals surface area contributed by atoms with Crippen molar-refractivity contribution in [2.24, 2.45) is 29.4 Å². The van der Waals surface area contributed by atoms with Crippen LogP contribution in [0, 0.1) is 23.7 Å². The molecule has 1 rings (SSSR count). The zero-order chi connectivity index (χ0) is 10.6. The van der Waals surface area contributed by atoms with E-state index in [0.717, 1.165) is 30.2 Å². The van der Waals surface area contributed by atoms with Crippen LogP contribution in [0.2, 0.25) is 0 Å². The molecule has 0 aromatic carbocycles. The summed E-state index contributed by atoms with van der Waals surface area (Å²) in [6.45, 7) is 7.89. The summed E-state index contributed by atoms with van der Waals surface area (Å²) in [7, 11) is 0. The molecule has 2 N–H and O–H groups in total. The molecule has 0 bridgehead atoms. The zero-order valence-electron chi connectivity index (χ0n) is 10.1. The Morgan fingerprint density at radius 3 is 2.21 bits per heavy atom. The molecule has 1 heteroatoms. The van der Waals surface area contributed by atoms with Gasteiger partial charge in [-0.15, -0.1) is 0 Å². The number of rotatable bonds is 7. The second-order valence-corrected chi connectivity index (χ2v) is 5.34. The molecule has 0 aromatic heterocycles. The quantitative estimate of drug-likeness (QED) is 0.665. The summed E-state index contributed by atoms with van der Waals surface area (Å²) in [4.78, 5) is 0. The fraction of sp³-hybridized carbons (Fsp3) is 1.00. The maximum Gasteiger partial charge on any atom is -0.00772 e. The van der Waals surface area contributed by atoms with Gasteiger partial charge in [0.05, 0.1) is 0 Å². The van der Waals surface area contributed by atoms with E-state index in [1.54, 1.807) is 0 Å². The standard InChI is InChI=1S/C13H27N/c1-4-6-11-12(7-5-8-14)13(11)9-10(2)3/h10-13H,4-9,14H2,1-3H3/t11?,12-,13?/m1/s1. The lowest BCUT2D eigenvalue weighted by atomic mass is 10.0. The molecule has 1 fully saturated rings. The number of hydrogen-bond donors (Lipinski definition) is 1. The van der Waals surface area contributed by atoms with Crippen LogP contribution in [-0.4, -0.2) is 6.54 Å². The van der Waals surface area contributed by atoms with Crippen molar-refractivity contribution in [2.45, 2.75) is 52.9 Å². The molecule has 0 heterocycles. The van der Waals surface area contributed by atoms with Crippen LogP contribution in [0.4, 0.5) is 0 Å². The lowest BCUT2D eigenvalue weighted by Gasteiger charge is -2.02. The van der Waals surface area contributed by atoms with E-state index in [1.165, 1.54) is 32.1 Å². The lowest BCUT2D eigenvalue weighted by molar-refractivity contribution is 0.489. The van der Waals surface area contributed by atoms with E-state index < -0.39 is 0 Å². The van der Waals surface area contributed by atoms with E-state index in [2.05, 4.69) is 20.8 Å². The molecular formula is C13H27N. The molecular weight excluding hydrogens is 170 g/mol. The van der Waals surface area contributed by atoms with Crippen molar-refractivity contribution < 1.29 is 0 Å². The van der Waals surface area contributed by atoms with E-state index in [1.807, 2.05) is 0 Å². The van der Waals surface area contributed by atoms with Crippen LogP contribution in [0.3, 0.4) is 0 Å². The Morgan fingerprint density at radius 2 is 1.71 bits per heavy atom. The van der Waals surface area contributed by atoms with Crippen molar-refractivity contribution in [3.63, 3.8) is 0 Å². The van der Waals surface area contributed by atoms with Crippen LogP contribution >= 0.6 is 0 Å². The van der Waals surface area contributed by atoms with Crippen LogP contribution in [0.15, 0.2) is 0 Å². The lowest BCUT2D eigenvalue weighted by Crippen LogP contribution is -1.99. The minimum atomic E-state index is 0.877. The normalized spacial score (nSPS) is 31.1. The Bertz CT molecular complexity index is 153. The van der Waals surface area contributed by atoms with E-state index in [9.17, 15) is 0 Å². The van der Waals surface area contributed by atoms with Gasteiger partial charge in [0.15, 0.2) is 0 Å². The van der Waals surface area contributed by atoms with Gasteiger partial charge >= 0.3 is 0 Å². The van der Waals surface area contributed by atoms with Gasteiger partial charge in [-0.2, -0.15) is 0 Å². The Morgan fingerprint density at radius 1 is 1.07 bits per heavy atom. The minimum Gasteiger partial charge on any atom is -0.330 e. The van der Waals surface area contributed by atoms with E-state index in [4.69, 9.17) is 5.73 Å². The maximum atomic E-state index is 5.57. The van der Waals surface area contributed by atoms with Crippen molar-refractivity contribution in [3.8, 4) is 0 Å². The van der Waals surface area contributed by atoms with Gasteiger partial charge in [0.2, 0.25) is 0 Å². The molecule has 0 radical (unpaired) electrons. The van der Waals surface area contributed by atoms with Gasteiger partial charge in [-0.3, -0.25) is 0 Å². The largest absolute Gasteiger partial charge is 0.330 e. The van der Waals surface area contributed by atoms with Gasteiger partial charge in [-0.25, -0.2) is 0 Å². The second kappa shape index (κ2) is 5.75. The summed E-state index contributed by atoms with van der Waals surface area (Å²) in [6, 6.07) is 0. The third kappa shape index (κ3) is 3.27. The molecule has 2 unspecified atom stereocenters. The van der Waals surface area contributed by atoms with E-state index in [-0.39, 0.29) is 0 Å². The highest BCUT2D eigenvalue weighted by Crippen LogP contribution is 2.54. The van der Waals surface area contributed by atoms with E-state index >= 15 is 0 Å². The highest BCUT2D eigenvalue weighted by atomic mass is 14.6. The average molecular weight is 197 g/mol. The van der Waals surface area contributed by atoms with E-state index in [0.29, 0.717) is 0 Å². The Kier molecular flexibility index (Phi) is 4.94. The highest BCUT2D eigenvalue weighted by molar-refractivity contribution is 4.96. The third-order valence-corrected chi connectivity index (χ3v) is 3.62. The molecule has 0 aromatic rings. The average Bonchev–Trinajstić information content (AvgIpc) is 2.75. The van der Waals surface area contributed by atoms with Crippen molar-refractivity contribution in [1.82, 2.24) is 0 Å². The first kappa shape index (κ1) is 12.0. The van der Waals surface area contributed by atoms with Gasteiger partial charge in [0.25, 0.3) is 0 Å². The fourth-order valence-electron chi connectivity index (χ4n) is 2.96. The Labute approximate surface area is 89.5 Å². The summed E-state index contributed by atoms with van der Waals surface area (Å²) in [5.41, 5.74) is 5.57. The van der Waals surface area contributed by atoms with Gasteiger partial charge in [0.1, 0.15) is 0 Å². The Hall–Kier alpha value is -0.0400. The van der Waals surface area contributed by atoms with Gasteiger partial charge in [0, 0.05) is 0 Å². The fourth-order valence-corrected chi connectivity index (χ4v) is 2.96. The van der Waals surface area contributed by atoms with Gasteiger partial charge in [-0.1, -0.05) is 33.6 Å². The van der Waals surface area contributed by atoms with Crippen LogP contribution < -0.4 is 5.73 Å². The van der Waals surface area contributed by atoms with Gasteiger partial charge < -0.3 is 5.73 Å². The number of nitrogens with two attached hydrogens (primary N) is 1. The maximum absolute atomic E-state index is 5.57. The first-order chi connectivity index (χ1) is 6.70. The first-order valence-corrected chi connectivity index (χ1v) is 6.40. The molecule has 1 nitrogen and oxygen atoms in total. The highest BCUT2D eigenvalue weighted by Gasteiger charge is 2.47. The van der Waals surface area contributed by atoms with Crippen molar-refractivity contribution >= 4 is 0 Å². The third-order valence-electron chi connectivity index (χ3n) is 3.62. The molecule has 1 aliphatic rings. The molecule has 1 aliphatic carbocycles. The zero-order valence-corrected chi connectivity index (χ0v) is 10.1. The van der Waals surface area contributed by atoms with Crippen LogP contribution in [0.25, 0.3) is 0 Å². The molecule has 0 spiro atoms. The summed E-state index contributed by atoms with van der Waals surface area (Å²) < 4.78 is 0. The molecule has 84 valence electrons. The summed E-state index contributed by atoms with van der Waals surface area (Å²) in [5.74, 6) is 4.00. The van der Waals surface area contributed by atoms with Gasteiger partial charge in [-0.05, 0) is 49.5 Å². The molecule has 1 saturated carbocycles. The smallest absolute Gasteiger partial charge is 0.00772 e. The second-order valence-electron chi connectivity index (χ2n) is 5.34. The molecule has 3 atom stereocenters. The number of hydrogen-bond acceptors (Lipinski definition) is 1.